The van der Waals surface area contributed by atoms with Crippen LogP contribution in [0.3, 0.4) is 0 Å². The second kappa shape index (κ2) is 8.68. The molecule has 1 N–H and O–H groups in total. The summed E-state index contributed by atoms with van der Waals surface area (Å²) >= 11 is 0. The molecule has 0 aliphatic carbocycles. The lowest BCUT2D eigenvalue weighted by atomic mass is 10.1. The van der Waals surface area contributed by atoms with Gasteiger partial charge in [-0.1, -0.05) is 30.3 Å². The van der Waals surface area contributed by atoms with E-state index in [1.54, 1.807) is 12.1 Å². The number of fused-ring (bicyclic) bond motifs is 1. The Hall–Kier alpha value is -3.48. The van der Waals surface area contributed by atoms with Crippen molar-refractivity contribution >= 4 is 16.9 Å². The summed E-state index contributed by atoms with van der Waals surface area (Å²) in [7, 11) is 3.01. The van der Waals surface area contributed by atoms with E-state index in [1.807, 2.05) is 44.2 Å². The number of carbonyl (C=O) groups excluding carboxylic acids is 1. The predicted molar refractivity (Wildman–Crippen MR) is 111 cm³/mol. The predicted octanol–water partition coefficient (Wildman–Crippen LogP) is 3.89. The second-order valence-electron chi connectivity index (χ2n) is 6.50. The molecule has 1 atom stereocenters. The van der Waals surface area contributed by atoms with Crippen LogP contribution >= 0.6 is 0 Å². The van der Waals surface area contributed by atoms with Gasteiger partial charge in [0.25, 0.3) is 5.56 Å². The quantitative estimate of drug-likeness (QED) is 0.684. The van der Waals surface area contributed by atoms with Gasteiger partial charge in [-0.2, -0.15) is 0 Å². The Kier molecular flexibility index (Phi) is 6.07. The molecule has 0 saturated heterocycles. The molecule has 0 radical (unpaired) electrons. The molecule has 152 valence electrons. The van der Waals surface area contributed by atoms with Gasteiger partial charge in [0.05, 0.1) is 31.8 Å². The number of pyridine rings is 1. The number of carbonyl (C=O) groups is 1. The lowest BCUT2D eigenvalue weighted by molar-refractivity contribution is 0.197. The molecule has 1 aromatic heterocycles. The third kappa shape index (κ3) is 4.18. The van der Waals surface area contributed by atoms with E-state index in [9.17, 15) is 9.59 Å². The van der Waals surface area contributed by atoms with Crippen LogP contribution in [0, 0.1) is 0 Å². The van der Waals surface area contributed by atoms with Crippen LogP contribution in [0.2, 0.25) is 0 Å². The summed E-state index contributed by atoms with van der Waals surface area (Å²) in [5.41, 5.74) is 0.758. The largest absolute Gasteiger partial charge is 0.493 e. The maximum atomic E-state index is 12.7. The summed E-state index contributed by atoms with van der Waals surface area (Å²) in [6.07, 6.45) is 0.919. The highest BCUT2D eigenvalue weighted by Crippen LogP contribution is 2.35. The molecule has 29 heavy (non-hydrogen) atoms. The topological polar surface area (TPSA) is 78.8 Å². The van der Waals surface area contributed by atoms with Crippen LogP contribution in [0.5, 0.6) is 17.2 Å². The fourth-order valence-corrected chi connectivity index (χ4v) is 3.13. The highest BCUT2D eigenvalue weighted by atomic mass is 16.6. The Balaban J connectivity index is 1.98. The van der Waals surface area contributed by atoms with Crippen molar-refractivity contribution < 1.29 is 19.0 Å². The van der Waals surface area contributed by atoms with Crippen LogP contribution in [0.4, 0.5) is 4.79 Å². The van der Waals surface area contributed by atoms with E-state index in [2.05, 4.69) is 5.32 Å². The zero-order valence-corrected chi connectivity index (χ0v) is 16.9. The van der Waals surface area contributed by atoms with Crippen LogP contribution in [-0.4, -0.2) is 24.9 Å². The molecule has 0 bridgehead atoms. The minimum Gasteiger partial charge on any atom is -0.493 e. The van der Waals surface area contributed by atoms with Gasteiger partial charge < -0.3 is 24.1 Å². The van der Waals surface area contributed by atoms with Crippen LogP contribution in [0.1, 0.15) is 25.5 Å². The maximum Gasteiger partial charge on any atom is 0.413 e. The average molecular weight is 396 g/mol. The number of hydrogen-bond acceptors (Lipinski definition) is 5. The summed E-state index contributed by atoms with van der Waals surface area (Å²) in [6.45, 7) is 4.15. The fraction of sp³-hybridized carbons (Fsp3) is 0.273. The van der Waals surface area contributed by atoms with Crippen molar-refractivity contribution in [1.82, 2.24) is 9.88 Å². The van der Waals surface area contributed by atoms with E-state index in [1.165, 1.54) is 25.0 Å². The maximum absolute atomic E-state index is 12.7. The monoisotopic (exact) mass is 396 g/mol. The smallest absolute Gasteiger partial charge is 0.413 e. The first-order valence-electron chi connectivity index (χ1n) is 9.31. The number of hydrogen-bond donors (Lipinski definition) is 1. The molecular formula is C22H24N2O5. The van der Waals surface area contributed by atoms with Gasteiger partial charge in [0.2, 0.25) is 0 Å². The Morgan fingerprint density at radius 3 is 2.24 bits per heavy atom. The molecular weight excluding hydrogens is 372 g/mol. The van der Waals surface area contributed by atoms with E-state index in [0.29, 0.717) is 28.8 Å². The lowest BCUT2D eigenvalue weighted by Gasteiger charge is -2.17. The van der Waals surface area contributed by atoms with Crippen molar-refractivity contribution in [2.75, 3.05) is 14.2 Å². The first-order chi connectivity index (χ1) is 14.0. The first-order valence-corrected chi connectivity index (χ1v) is 9.31. The van der Waals surface area contributed by atoms with Gasteiger partial charge >= 0.3 is 6.09 Å². The molecule has 3 rings (SSSR count). The van der Waals surface area contributed by atoms with Gasteiger partial charge in [-0.05, 0) is 31.5 Å². The van der Waals surface area contributed by atoms with E-state index in [0.717, 1.165) is 5.56 Å². The van der Waals surface area contributed by atoms with Crippen LogP contribution < -0.4 is 25.1 Å². The summed E-state index contributed by atoms with van der Waals surface area (Å²) in [4.78, 5) is 25.3. The summed E-state index contributed by atoms with van der Waals surface area (Å²) < 4.78 is 17.7. The number of aryl methyl sites for hydroxylation is 1. The minimum absolute atomic E-state index is 0.200. The first kappa shape index (κ1) is 20.3. The van der Waals surface area contributed by atoms with Crippen molar-refractivity contribution in [3.05, 3.63) is 64.6 Å². The average Bonchev–Trinajstić information content (AvgIpc) is 2.75. The van der Waals surface area contributed by atoms with E-state index < -0.39 is 6.09 Å². The molecule has 0 fully saturated rings. The number of methoxy groups -OCH3 is 2. The number of aromatic nitrogens is 1. The van der Waals surface area contributed by atoms with E-state index >= 15 is 0 Å². The zero-order valence-electron chi connectivity index (χ0n) is 16.9. The summed E-state index contributed by atoms with van der Waals surface area (Å²) in [5.74, 6) is 1.13. The van der Waals surface area contributed by atoms with Crippen LogP contribution in [0.15, 0.2) is 53.5 Å². The number of amides is 1. The highest BCUT2D eigenvalue weighted by Gasteiger charge is 2.18. The summed E-state index contributed by atoms with van der Waals surface area (Å²) in [5, 5.41) is 3.66. The molecule has 1 amide bonds. The SMILES string of the molecule is CCn1cc(OC(=O)NC(C)c2ccccc2)c2cc(OC)c(OC)cc2c1=O. The van der Waals surface area contributed by atoms with Crippen molar-refractivity contribution in [3.63, 3.8) is 0 Å². The Morgan fingerprint density at radius 1 is 1.03 bits per heavy atom. The number of benzene rings is 2. The molecule has 1 heterocycles. The van der Waals surface area contributed by atoms with Crippen LogP contribution in [0.25, 0.3) is 10.8 Å². The summed E-state index contributed by atoms with van der Waals surface area (Å²) in [6, 6.07) is 12.6. The molecule has 3 aromatic rings. The molecule has 0 aliphatic rings. The van der Waals surface area contributed by atoms with Gasteiger partial charge in [0.1, 0.15) is 0 Å². The third-order valence-electron chi connectivity index (χ3n) is 4.73. The van der Waals surface area contributed by atoms with Gasteiger partial charge in [0, 0.05) is 11.9 Å². The molecule has 1 unspecified atom stereocenters. The third-order valence-corrected chi connectivity index (χ3v) is 4.73. The lowest BCUT2D eigenvalue weighted by Crippen LogP contribution is -2.30. The number of nitrogens with zero attached hydrogens (tertiary/aromatic N) is 1. The van der Waals surface area contributed by atoms with E-state index in [-0.39, 0.29) is 17.4 Å². The highest BCUT2D eigenvalue weighted by molar-refractivity contribution is 5.92. The fourth-order valence-electron chi connectivity index (χ4n) is 3.13. The molecule has 7 heteroatoms. The molecule has 2 aromatic carbocycles. The second-order valence-corrected chi connectivity index (χ2v) is 6.50. The van der Waals surface area contributed by atoms with Gasteiger partial charge in [-0.25, -0.2) is 4.79 Å². The van der Waals surface area contributed by atoms with Crippen LogP contribution in [-0.2, 0) is 6.54 Å². The molecule has 0 aliphatic heterocycles. The number of nitrogens with one attached hydrogen (secondary N) is 1. The standard InChI is InChI=1S/C22H24N2O5/c1-5-24-13-20(29-22(26)23-14(2)15-9-7-6-8-10-15)16-11-18(27-3)19(28-4)12-17(16)21(24)25/h6-14H,5H2,1-4H3,(H,23,26). The van der Waals surface area contributed by atoms with Crippen molar-refractivity contribution in [2.24, 2.45) is 0 Å². The van der Waals surface area contributed by atoms with E-state index in [4.69, 9.17) is 14.2 Å². The normalized spacial score (nSPS) is 11.7. The Labute approximate surface area is 168 Å². The zero-order chi connectivity index (χ0) is 21.0. The molecule has 7 nitrogen and oxygen atoms in total. The van der Waals surface area contributed by atoms with Crippen molar-refractivity contribution in [2.45, 2.75) is 26.4 Å². The molecule has 0 spiro atoms. The van der Waals surface area contributed by atoms with Gasteiger partial charge in [-0.3, -0.25) is 4.79 Å². The van der Waals surface area contributed by atoms with Gasteiger partial charge in [-0.15, -0.1) is 0 Å². The van der Waals surface area contributed by atoms with Crippen molar-refractivity contribution in [1.29, 1.82) is 0 Å². The molecule has 0 saturated carbocycles. The van der Waals surface area contributed by atoms with Crippen molar-refractivity contribution in [3.8, 4) is 17.2 Å². The van der Waals surface area contributed by atoms with Gasteiger partial charge in [0.15, 0.2) is 17.2 Å². The number of rotatable bonds is 6. The Bertz CT molecular complexity index is 1080. The number of ether oxygens (including phenoxy) is 3. The Morgan fingerprint density at radius 2 is 1.66 bits per heavy atom. The minimum atomic E-state index is -0.612.